The number of halogens is 1. The van der Waals surface area contributed by atoms with E-state index in [4.69, 9.17) is 21.1 Å². The molecule has 1 heterocycles. The number of alkyl halides is 1. The van der Waals surface area contributed by atoms with E-state index in [0.29, 0.717) is 30.3 Å². The van der Waals surface area contributed by atoms with Crippen LogP contribution in [0.15, 0.2) is 30.5 Å². The molecule has 1 amide bonds. The maximum absolute atomic E-state index is 12.3. The van der Waals surface area contributed by atoms with Crippen molar-refractivity contribution in [1.29, 1.82) is 0 Å². The zero-order chi connectivity index (χ0) is 15.2. The van der Waals surface area contributed by atoms with Crippen molar-refractivity contribution in [1.82, 2.24) is 4.90 Å². The van der Waals surface area contributed by atoms with Crippen LogP contribution in [0.4, 0.5) is 0 Å². The SMILES string of the molecule is COc1cc2c(cc1OC)CC(=O)N(C/C=C/CCl)C=C2. The number of rotatable bonds is 5. The molecule has 1 aliphatic rings. The summed E-state index contributed by atoms with van der Waals surface area (Å²) in [6.45, 7) is 0.518. The summed E-state index contributed by atoms with van der Waals surface area (Å²) < 4.78 is 10.6. The Morgan fingerprint density at radius 1 is 1.24 bits per heavy atom. The summed E-state index contributed by atoms with van der Waals surface area (Å²) >= 11 is 5.59. The van der Waals surface area contributed by atoms with Crippen LogP contribution in [0, 0.1) is 0 Å². The Hall–Kier alpha value is -1.94. The molecule has 1 aliphatic heterocycles. The van der Waals surface area contributed by atoms with Gasteiger partial charge in [-0.2, -0.15) is 0 Å². The van der Waals surface area contributed by atoms with Crippen LogP contribution in [0.1, 0.15) is 11.1 Å². The van der Waals surface area contributed by atoms with Crippen LogP contribution in [0.25, 0.3) is 6.08 Å². The lowest BCUT2D eigenvalue weighted by Gasteiger charge is -2.14. The van der Waals surface area contributed by atoms with Crippen LogP contribution in [-0.2, 0) is 11.2 Å². The van der Waals surface area contributed by atoms with Crippen molar-refractivity contribution in [2.75, 3.05) is 26.6 Å². The number of ether oxygens (including phenoxy) is 2. The molecule has 0 bridgehead atoms. The minimum Gasteiger partial charge on any atom is -0.493 e. The molecule has 0 atom stereocenters. The summed E-state index contributed by atoms with van der Waals surface area (Å²) in [5, 5.41) is 0. The predicted molar refractivity (Wildman–Crippen MR) is 83.9 cm³/mol. The van der Waals surface area contributed by atoms with Crippen molar-refractivity contribution in [2.45, 2.75) is 6.42 Å². The largest absolute Gasteiger partial charge is 0.493 e. The molecule has 112 valence electrons. The van der Waals surface area contributed by atoms with Crippen molar-refractivity contribution >= 4 is 23.6 Å². The third-order valence-electron chi connectivity index (χ3n) is 3.30. The summed E-state index contributed by atoms with van der Waals surface area (Å²) in [7, 11) is 3.18. The predicted octanol–water partition coefficient (Wildman–Crippen LogP) is 2.85. The van der Waals surface area contributed by atoms with E-state index in [1.54, 1.807) is 25.3 Å². The highest BCUT2D eigenvalue weighted by atomic mass is 35.5. The lowest BCUT2D eigenvalue weighted by molar-refractivity contribution is -0.127. The van der Waals surface area contributed by atoms with Gasteiger partial charge in [-0.3, -0.25) is 4.79 Å². The smallest absolute Gasteiger partial charge is 0.231 e. The van der Waals surface area contributed by atoms with Gasteiger partial charge in [0.05, 0.1) is 20.6 Å². The number of fused-ring (bicyclic) bond motifs is 1. The molecule has 0 radical (unpaired) electrons. The molecular weight excluding hydrogens is 290 g/mol. The minimum absolute atomic E-state index is 0.0384. The molecule has 4 nitrogen and oxygen atoms in total. The maximum atomic E-state index is 12.3. The number of amides is 1. The van der Waals surface area contributed by atoms with Crippen molar-refractivity contribution in [3.05, 3.63) is 41.6 Å². The Morgan fingerprint density at radius 2 is 1.95 bits per heavy atom. The summed E-state index contributed by atoms with van der Waals surface area (Å²) in [6.07, 6.45) is 7.74. The van der Waals surface area contributed by atoms with Crippen LogP contribution in [0.3, 0.4) is 0 Å². The molecule has 0 unspecified atom stereocenters. The molecule has 0 fully saturated rings. The molecule has 5 heteroatoms. The van der Waals surface area contributed by atoms with Gasteiger partial charge in [0.25, 0.3) is 0 Å². The van der Waals surface area contributed by atoms with Gasteiger partial charge in [-0.05, 0) is 29.3 Å². The van der Waals surface area contributed by atoms with Gasteiger partial charge >= 0.3 is 0 Å². The first-order valence-corrected chi connectivity index (χ1v) is 7.16. The van der Waals surface area contributed by atoms with Gasteiger partial charge < -0.3 is 14.4 Å². The average Bonchev–Trinajstić information content (AvgIpc) is 2.65. The first kappa shape index (κ1) is 15.4. The fourth-order valence-electron chi connectivity index (χ4n) is 2.18. The number of allylic oxidation sites excluding steroid dienone is 1. The van der Waals surface area contributed by atoms with Crippen LogP contribution in [0.5, 0.6) is 11.5 Å². The molecule has 0 aliphatic carbocycles. The molecule has 0 spiro atoms. The Morgan fingerprint density at radius 3 is 2.62 bits per heavy atom. The summed E-state index contributed by atoms with van der Waals surface area (Å²) in [6, 6.07) is 3.74. The molecular formula is C16H18ClNO3. The third-order valence-corrected chi connectivity index (χ3v) is 3.48. The Balaban J connectivity index is 2.28. The van der Waals surface area contributed by atoms with Crippen molar-refractivity contribution in [2.24, 2.45) is 0 Å². The number of hydrogen-bond donors (Lipinski definition) is 0. The number of benzene rings is 1. The first-order chi connectivity index (χ1) is 10.2. The molecule has 0 saturated heterocycles. The second-order valence-electron chi connectivity index (χ2n) is 4.57. The van der Waals surface area contributed by atoms with Crippen molar-refractivity contribution < 1.29 is 14.3 Å². The van der Waals surface area contributed by atoms with Gasteiger partial charge in [0.1, 0.15) is 0 Å². The van der Waals surface area contributed by atoms with E-state index in [0.717, 1.165) is 11.1 Å². The Kier molecular flexibility index (Phi) is 5.28. The highest BCUT2D eigenvalue weighted by Gasteiger charge is 2.18. The van der Waals surface area contributed by atoms with Gasteiger partial charge in [-0.1, -0.05) is 12.2 Å². The second-order valence-corrected chi connectivity index (χ2v) is 4.88. The third kappa shape index (κ3) is 3.58. The maximum Gasteiger partial charge on any atom is 0.231 e. The van der Waals surface area contributed by atoms with Crippen LogP contribution in [-0.4, -0.2) is 37.5 Å². The summed E-state index contributed by atoms with van der Waals surface area (Å²) in [4.78, 5) is 13.9. The van der Waals surface area contributed by atoms with E-state index in [1.807, 2.05) is 30.4 Å². The normalized spacial score (nSPS) is 14.2. The lowest BCUT2D eigenvalue weighted by Crippen LogP contribution is -2.26. The van der Waals surface area contributed by atoms with Gasteiger partial charge in [0.15, 0.2) is 11.5 Å². The Labute approximate surface area is 129 Å². The molecule has 1 aromatic carbocycles. The Bertz CT molecular complexity index is 581. The quantitative estimate of drug-likeness (QED) is 0.620. The monoisotopic (exact) mass is 307 g/mol. The number of nitrogens with zero attached hydrogens (tertiary/aromatic N) is 1. The van der Waals surface area contributed by atoms with Gasteiger partial charge in [0, 0.05) is 18.6 Å². The van der Waals surface area contributed by atoms with Gasteiger partial charge in [-0.15, -0.1) is 11.6 Å². The van der Waals surface area contributed by atoms with Crippen LogP contribution < -0.4 is 9.47 Å². The van der Waals surface area contributed by atoms with Crippen molar-refractivity contribution in [3.63, 3.8) is 0 Å². The standard InChI is InChI=1S/C16H18ClNO3/c1-20-14-9-12-5-8-18(7-4-3-6-17)16(19)11-13(12)10-15(14)21-2/h3-5,8-10H,6-7,11H2,1-2H3/b4-3+. The van der Waals surface area contributed by atoms with E-state index < -0.39 is 0 Å². The lowest BCUT2D eigenvalue weighted by atomic mass is 10.0. The second kappa shape index (κ2) is 7.18. The van der Waals surface area contributed by atoms with Gasteiger partial charge in [0.2, 0.25) is 5.91 Å². The van der Waals surface area contributed by atoms with E-state index in [-0.39, 0.29) is 5.91 Å². The topological polar surface area (TPSA) is 38.8 Å². The summed E-state index contributed by atoms with van der Waals surface area (Å²) in [5.74, 6) is 1.77. The van der Waals surface area contributed by atoms with Gasteiger partial charge in [-0.25, -0.2) is 0 Å². The number of methoxy groups -OCH3 is 2. The molecule has 21 heavy (non-hydrogen) atoms. The summed E-state index contributed by atoms with van der Waals surface area (Å²) in [5.41, 5.74) is 1.89. The molecule has 2 rings (SSSR count). The first-order valence-electron chi connectivity index (χ1n) is 6.63. The van der Waals surface area contributed by atoms with Crippen LogP contribution >= 0.6 is 11.6 Å². The van der Waals surface area contributed by atoms with E-state index in [9.17, 15) is 4.79 Å². The molecule has 0 N–H and O–H groups in total. The number of carbonyl (C=O) groups is 1. The molecule has 0 aromatic heterocycles. The fraction of sp³-hybridized carbons (Fsp3) is 0.312. The fourth-order valence-corrected chi connectivity index (χ4v) is 2.30. The van der Waals surface area contributed by atoms with Crippen LogP contribution in [0.2, 0.25) is 0 Å². The highest BCUT2D eigenvalue weighted by molar-refractivity contribution is 6.18. The number of carbonyl (C=O) groups excluding carboxylic acids is 1. The highest BCUT2D eigenvalue weighted by Crippen LogP contribution is 2.32. The van der Waals surface area contributed by atoms with E-state index in [2.05, 4.69) is 0 Å². The zero-order valence-corrected chi connectivity index (χ0v) is 12.9. The van der Waals surface area contributed by atoms with Crippen molar-refractivity contribution in [3.8, 4) is 11.5 Å². The van der Waals surface area contributed by atoms with E-state index in [1.165, 1.54) is 0 Å². The average molecular weight is 308 g/mol. The number of hydrogen-bond acceptors (Lipinski definition) is 3. The molecule has 1 aromatic rings. The zero-order valence-electron chi connectivity index (χ0n) is 12.1. The van der Waals surface area contributed by atoms with E-state index >= 15 is 0 Å². The molecule has 0 saturated carbocycles. The minimum atomic E-state index is 0.0384.